The van der Waals surface area contributed by atoms with Gasteiger partial charge in [0.05, 0.1) is 6.54 Å². The molecule has 0 radical (unpaired) electrons. The van der Waals surface area contributed by atoms with Crippen molar-refractivity contribution in [2.75, 3.05) is 6.61 Å². The number of hydrogen-bond donors (Lipinski definition) is 1. The van der Waals surface area contributed by atoms with Gasteiger partial charge in [-0.05, 0) is 49.6 Å². The first kappa shape index (κ1) is 17.2. The largest absolute Gasteiger partial charge is 0.490 e. The number of nitrogens with zero attached hydrogens (tertiary/aromatic N) is 3. The van der Waals surface area contributed by atoms with E-state index in [-0.39, 0.29) is 6.61 Å². The maximum Gasteiger partial charge on any atom is 0.141 e. The molecule has 5 heteroatoms. The Kier molecular flexibility index (Phi) is 5.14. The molecule has 1 aromatic carbocycles. The van der Waals surface area contributed by atoms with Gasteiger partial charge in [0.2, 0.25) is 0 Å². The van der Waals surface area contributed by atoms with Crippen molar-refractivity contribution < 1.29 is 9.84 Å². The molecule has 25 heavy (non-hydrogen) atoms. The molecule has 0 aliphatic heterocycles. The molecule has 3 rings (SSSR count). The summed E-state index contributed by atoms with van der Waals surface area (Å²) >= 11 is 0. The molecule has 130 valence electrons. The van der Waals surface area contributed by atoms with Crippen LogP contribution in [0.4, 0.5) is 0 Å². The van der Waals surface area contributed by atoms with Gasteiger partial charge in [-0.25, -0.2) is 4.98 Å². The van der Waals surface area contributed by atoms with Gasteiger partial charge < -0.3 is 14.4 Å². The summed E-state index contributed by atoms with van der Waals surface area (Å²) in [7, 11) is 0. The highest BCUT2D eigenvalue weighted by Crippen LogP contribution is 2.26. The fourth-order valence-corrected chi connectivity index (χ4v) is 2.82. The molecule has 0 aliphatic rings. The third-order valence-electron chi connectivity index (χ3n) is 4.34. The highest BCUT2D eigenvalue weighted by molar-refractivity contribution is 5.53. The number of benzene rings is 1. The predicted octanol–water partition coefficient (Wildman–Crippen LogP) is 3.31. The summed E-state index contributed by atoms with van der Waals surface area (Å²) in [6.45, 7) is 6.76. The van der Waals surface area contributed by atoms with Gasteiger partial charge in [-0.1, -0.05) is 12.1 Å². The van der Waals surface area contributed by atoms with Crippen LogP contribution < -0.4 is 4.74 Å². The molecule has 3 aromatic rings. The van der Waals surface area contributed by atoms with E-state index in [1.54, 1.807) is 18.6 Å². The van der Waals surface area contributed by atoms with Crippen LogP contribution in [-0.4, -0.2) is 32.4 Å². The summed E-state index contributed by atoms with van der Waals surface area (Å²) in [4.78, 5) is 8.49. The van der Waals surface area contributed by atoms with Crippen LogP contribution in [0.1, 0.15) is 16.7 Å². The zero-order valence-corrected chi connectivity index (χ0v) is 14.8. The van der Waals surface area contributed by atoms with E-state index in [4.69, 9.17) is 4.74 Å². The minimum Gasteiger partial charge on any atom is -0.490 e. The summed E-state index contributed by atoms with van der Waals surface area (Å²) in [5, 5.41) is 10.4. The molecule has 5 nitrogen and oxygen atoms in total. The Morgan fingerprint density at radius 1 is 1.12 bits per heavy atom. The molecular weight excluding hydrogens is 314 g/mol. The number of pyridine rings is 1. The van der Waals surface area contributed by atoms with Crippen molar-refractivity contribution in [2.24, 2.45) is 0 Å². The molecule has 0 fully saturated rings. The number of aryl methyl sites for hydroxylation is 2. The van der Waals surface area contributed by atoms with Crippen molar-refractivity contribution in [3.63, 3.8) is 0 Å². The van der Waals surface area contributed by atoms with Crippen LogP contribution in [0, 0.1) is 20.8 Å². The molecular formula is C20H23N3O2. The SMILES string of the molecule is Cc1ccc(C)c(OCC(O)Cn2ccnc2-c2cccnc2)c1C. The Hall–Kier alpha value is -2.66. The summed E-state index contributed by atoms with van der Waals surface area (Å²) < 4.78 is 7.83. The highest BCUT2D eigenvalue weighted by Gasteiger charge is 2.13. The van der Waals surface area contributed by atoms with Crippen molar-refractivity contribution in [3.05, 3.63) is 65.7 Å². The second-order valence-corrected chi connectivity index (χ2v) is 6.26. The molecule has 2 heterocycles. The summed E-state index contributed by atoms with van der Waals surface area (Å²) in [6, 6.07) is 7.95. The van der Waals surface area contributed by atoms with Gasteiger partial charge >= 0.3 is 0 Å². The minimum atomic E-state index is -0.635. The minimum absolute atomic E-state index is 0.232. The zero-order chi connectivity index (χ0) is 17.8. The van der Waals surface area contributed by atoms with E-state index in [0.717, 1.165) is 28.3 Å². The fraction of sp³-hybridized carbons (Fsp3) is 0.300. The van der Waals surface area contributed by atoms with E-state index in [2.05, 4.69) is 23.0 Å². The average molecular weight is 337 g/mol. The Bertz CT molecular complexity index is 843. The van der Waals surface area contributed by atoms with Crippen LogP contribution in [0.25, 0.3) is 11.4 Å². The van der Waals surface area contributed by atoms with Gasteiger partial charge in [-0.2, -0.15) is 0 Å². The molecule has 0 saturated carbocycles. The number of hydrogen-bond acceptors (Lipinski definition) is 4. The van der Waals surface area contributed by atoms with Crippen molar-refractivity contribution >= 4 is 0 Å². The van der Waals surface area contributed by atoms with Crippen LogP contribution in [0.3, 0.4) is 0 Å². The standard InChI is InChI=1S/C20H23N3O2/c1-14-6-7-15(2)19(16(14)3)25-13-18(24)12-23-10-9-22-20(23)17-5-4-8-21-11-17/h4-11,18,24H,12-13H2,1-3H3. The maximum atomic E-state index is 10.4. The molecule has 0 saturated heterocycles. The first-order valence-corrected chi connectivity index (χ1v) is 8.35. The van der Waals surface area contributed by atoms with Gasteiger partial charge in [-0.15, -0.1) is 0 Å². The molecule has 0 amide bonds. The van der Waals surface area contributed by atoms with Gasteiger partial charge in [0.1, 0.15) is 24.3 Å². The quantitative estimate of drug-likeness (QED) is 0.750. The number of ether oxygens (including phenoxy) is 1. The van der Waals surface area contributed by atoms with Crippen molar-refractivity contribution in [1.82, 2.24) is 14.5 Å². The lowest BCUT2D eigenvalue weighted by Gasteiger charge is -2.18. The van der Waals surface area contributed by atoms with Crippen LogP contribution >= 0.6 is 0 Å². The smallest absolute Gasteiger partial charge is 0.141 e. The van der Waals surface area contributed by atoms with E-state index < -0.39 is 6.10 Å². The van der Waals surface area contributed by atoms with Gasteiger partial charge in [0.25, 0.3) is 0 Å². The highest BCUT2D eigenvalue weighted by atomic mass is 16.5. The number of aliphatic hydroxyl groups excluding tert-OH is 1. The molecule has 1 N–H and O–H groups in total. The van der Waals surface area contributed by atoms with E-state index in [1.807, 2.05) is 42.8 Å². The maximum absolute atomic E-state index is 10.4. The Morgan fingerprint density at radius 2 is 1.92 bits per heavy atom. The number of aromatic nitrogens is 3. The van der Waals surface area contributed by atoms with Crippen LogP contribution in [-0.2, 0) is 6.54 Å². The second kappa shape index (κ2) is 7.49. The van der Waals surface area contributed by atoms with Gasteiger partial charge in [-0.3, -0.25) is 4.98 Å². The first-order chi connectivity index (χ1) is 12.1. The van der Waals surface area contributed by atoms with E-state index in [1.165, 1.54) is 5.56 Å². The Labute approximate surface area is 148 Å². The lowest BCUT2D eigenvalue weighted by Crippen LogP contribution is -2.24. The predicted molar refractivity (Wildman–Crippen MR) is 97.6 cm³/mol. The van der Waals surface area contributed by atoms with E-state index in [9.17, 15) is 5.11 Å². The number of rotatable bonds is 6. The monoisotopic (exact) mass is 337 g/mol. The number of imidazole rings is 1. The molecule has 0 spiro atoms. The normalized spacial score (nSPS) is 12.2. The lowest BCUT2D eigenvalue weighted by atomic mass is 10.1. The summed E-state index contributed by atoms with van der Waals surface area (Å²) in [5.74, 6) is 1.65. The van der Waals surface area contributed by atoms with Crippen LogP contribution in [0.5, 0.6) is 5.75 Å². The average Bonchev–Trinajstić information content (AvgIpc) is 3.07. The molecule has 1 unspecified atom stereocenters. The third-order valence-corrected chi connectivity index (χ3v) is 4.34. The molecule has 0 aliphatic carbocycles. The molecule has 2 aromatic heterocycles. The second-order valence-electron chi connectivity index (χ2n) is 6.26. The zero-order valence-electron chi connectivity index (χ0n) is 14.8. The Morgan fingerprint density at radius 3 is 2.68 bits per heavy atom. The molecule has 0 bridgehead atoms. The summed E-state index contributed by atoms with van der Waals surface area (Å²) in [5.41, 5.74) is 4.30. The van der Waals surface area contributed by atoms with Crippen molar-refractivity contribution in [3.8, 4) is 17.1 Å². The fourth-order valence-electron chi connectivity index (χ4n) is 2.82. The van der Waals surface area contributed by atoms with Gasteiger partial charge in [0.15, 0.2) is 0 Å². The lowest BCUT2D eigenvalue weighted by molar-refractivity contribution is 0.0922. The van der Waals surface area contributed by atoms with Gasteiger partial charge in [0, 0.05) is 30.4 Å². The van der Waals surface area contributed by atoms with Crippen LogP contribution in [0.15, 0.2) is 49.1 Å². The first-order valence-electron chi connectivity index (χ1n) is 8.35. The Balaban J connectivity index is 1.68. The third kappa shape index (κ3) is 3.88. The summed E-state index contributed by atoms with van der Waals surface area (Å²) in [6.07, 6.45) is 6.44. The van der Waals surface area contributed by atoms with E-state index >= 15 is 0 Å². The van der Waals surface area contributed by atoms with Crippen LogP contribution in [0.2, 0.25) is 0 Å². The van der Waals surface area contributed by atoms with Crippen molar-refractivity contribution in [1.29, 1.82) is 0 Å². The van der Waals surface area contributed by atoms with E-state index in [0.29, 0.717) is 6.54 Å². The molecule has 1 atom stereocenters. The topological polar surface area (TPSA) is 60.2 Å². The van der Waals surface area contributed by atoms with Crippen molar-refractivity contribution in [2.45, 2.75) is 33.4 Å². The number of aliphatic hydroxyl groups is 1.